The summed E-state index contributed by atoms with van der Waals surface area (Å²) < 4.78 is 15.6. The fourth-order valence-electron chi connectivity index (χ4n) is 3.20. The van der Waals surface area contributed by atoms with Crippen LogP contribution >= 0.6 is 0 Å². The van der Waals surface area contributed by atoms with E-state index < -0.39 is 17.5 Å². The second-order valence-corrected chi connectivity index (χ2v) is 7.27. The van der Waals surface area contributed by atoms with Crippen molar-refractivity contribution >= 4 is 29.5 Å². The molecule has 0 fully saturated rings. The first kappa shape index (κ1) is 25.5. The van der Waals surface area contributed by atoms with E-state index in [2.05, 4.69) is 0 Å². The summed E-state index contributed by atoms with van der Waals surface area (Å²) in [5, 5.41) is 9.45. The monoisotopic (exact) mass is 452 g/mol. The number of benzene rings is 2. The van der Waals surface area contributed by atoms with Crippen molar-refractivity contribution in [1.82, 2.24) is 0 Å². The third kappa shape index (κ3) is 7.15. The van der Waals surface area contributed by atoms with Gasteiger partial charge >= 0.3 is 0 Å². The van der Waals surface area contributed by atoms with Gasteiger partial charge in [-0.3, -0.25) is 14.4 Å². The van der Waals surface area contributed by atoms with Gasteiger partial charge in [-0.05, 0) is 54.5 Å². The number of carbonyl (C=O) groups is 3. The number of aliphatic hydroxyl groups is 1. The van der Waals surface area contributed by atoms with Gasteiger partial charge in [-0.2, -0.15) is 0 Å². The Morgan fingerprint density at radius 3 is 1.82 bits per heavy atom. The van der Waals surface area contributed by atoms with Gasteiger partial charge in [0.25, 0.3) is 0 Å². The molecule has 1 atom stereocenters. The quantitative estimate of drug-likeness (QED) is 0.387. The van der Waals surface area contributed by atoms with Gasteiger partial charge in [0.1, 0.15) is 11.5 Å². The van der Waals surface area contributed by atoms with Crippen LogP contribution in [0.4, 0.5) is 0 Å². The van der Waals surface area contributed by atoms with Crippen molar-refractivity contribution in [3.63, 3.8) is 0 Å². The molecule has 2 rings (SSSR count). The van der Waals surface area contributed by atoms with Crippen molar-refractivity contribution in [3.05, 3.63) is 65.2 Å². The van der Waals surface area contributed by atoms with Gasteiger partial charge in [-0.25, -0.2) is 0 Å². The predicted octanol–water partition coefficient (Wildman–Crippen LogP) is 3.66. The zero-order chi connectivity index (χ0) is 24.4. The zero-order valence-corrected chi connectivity index (χ0v) is 19.2. The maximum atomic E-state index is 12.8. The van der Waals surface area contributed by atoms with Crippen molar-refractivity contribution in [1.29, 1.82) is 0 Å². The summed E-state index contributed by atoms with van der Waals surface area (Å²) >= 11 is 0. The molecule has 0 amide bonds. The summed E-state index contributed by atoms with van der Waals surface area (Å²) in [6.45, 7) is 1.12. The van der Waals surface area contributed by atoms with Crippen molar-refractivity contribution < 1.29 is 33.7 Å². The number of aliphatic hydroxyl groups excluding tert-OH is 1. The Labute approximate surface area is 193 Å². The number of ether oxygens (including phenoxy) is 3. The van der Waals surface area contributed by atoms with Crippen LogP contribution in [0.3, 0.4) is 0 Å². The van der Waals surface area contributed by atoms with Crippen molar-refractivity contribution in [2.45, 2.75) is 20.0 Å². The third-order valence-corrected chi connectivity index (χ3v) is 4.94. The lowest BCUT2D eigenvalue weighted by atomic mass is 9.92. The third-order valence-electron chi connectivity index (χ3n) is 4.94. The normalized spacial score (nSPS) is 12.0. The fraction of sp³-hybridized carbons (Fsp3) is 0.269. The number of methoxy groups -OCH3 is 3. The fourth-order valence-corrected chi connectivity index (χ4v) is 3.20. The lowest BCUT2D eigenvalue weighted by Gasteiger charge is -2.10. The van der Waals surface area contributed by atoms with Crippen LogP contribution in [0.2, 0.25) is 0 Å². The molecule has 7 heteroatoms. The molecule has 7 nitrogen and oxygen atoms in total. The van der Waals surface area contributed by atoms with Gasteiger partial charge in [0.2, 0.25) is 0 Å². The van der Waals surface area contributed by atoms with Gasteiger partial charge in [-0.1, -0.05) is 24.3 Å². The van der Waals surface area contributed by atoms with E-state index in [9.17, 15) is 19.5 Å². The van der Waals surface area contributed by atoms with Crippen molar-refractivity contribution in [2.24, 2.45) is 5.92 Å². The maximum absolute atomic E-state index is 12.8. The van der Waals surface area contributed by atoms with Gasteiger partial charge in [0, 0.05) is 12.0 Å². The highest BCUT2D eigenvalue weighted by atomic mass is 16.5. The molecule has 0 aromatic heterocycles. The van der Waals surface area contributed by atoms with E-state index in [4.69, 9.17) is 14.2 Å². The molecule has 0 radical (unpaired) electrons. The van der Waals surface area contributed by atoms with Crippen LogP contribution in [0.25, 0.3) is 12.2 Å². The summed E-state index contributed by atoms with van der Waals surface area (Å²) in [6, 6.07) is 10.2. The molecule has 0 bridgehead atoms. The molecule has 0 heterocycles. The molecule has 33 heavy (non-hydrogen) atoms. The zero-order valence-electron chi connectivity index (χ0n) is 19.2. The molecular weight excluding hydrogens is 424 g/mol. The second kappa shape index (κ2) is 12.4. The lowest BCUT2D eigenvalue weighted by molar-refractivity contribution is -0.131. The number of ketones is 3. The summed E-state index contributed by atoms with van der Waals surface area (Å²) in [5.74, 6) is -0.737. The molecule has 1 unspecified atom stereocenters. The molecule has 2 aromatic rings. The highest BCUT2D eigenvalue weighted by molar-refractivity contribution is 6.15. The van der Waals surface area contributed by atoms with Crippen LogP contribution in [0.15, 0.2) is 48.6 Å². The van der Waals surface area contributed by atoms with Gasteiger partial charge in [0.15, 0.2) is 23.1 Å². The summed E-state index contributed by atoms with van der Waals surface area (Å²) in [6.07, 6.45) is 5.48. The number of hydrogen-bond donors (Lipinski definition) is 1. The molecule has 0 aliphatic heterocycles. The molecule has 0 aliphatic rings. The highest BCUT2D eigenvalue weighted by Crippen LogP contribution is 2.28. The van der Waals surface area contributed by atoms with Gasteiger partial charge in [0.05, 0.1) is 33.9 Å². The lowest BCUT2D eigenvalue weighted by Crippen LogP contribution is -2.23. The van der Waals surface area contributed by atoms with Gasteiger partial charge < -0.3 is 19.3 Å². The Balaban J connectivity index is 2.21. The van der Waals surface area contributed by atoms with Crippen LogP contribution in [-0.2, 0) is 21.0 Å². The van der Waals surface area contributed by atoms with E-state index in [1.54, 1.807) is 48.6 Å². The standard InChI is InChI=1S/C26H28O7/c1-17(28)13-21(22(29)9-5-18-7-11-24(31-2)20(14-18)16-27)23(30)10-6-19-8-12-25(32-3)26(15-19)33-4/h5-12,14-15,21,27H,13,16H2,1-4H3. The largest absolute Gasteiger partial charge is 0.496 e. The van der Waals surface area contributed by atoms with Crippen molar-refractivity contribution in [3.8, 4) is 17.2 Å². The first-order valence-corrected chi connectivity index (χ1v) is 10.3. The Bertz CT molecular complexity index is 989. The molecule has 0 saturated carbocycles. The molecule has 0 aliphatic carbocycles. The molecule has 1 N–H and O–H groups in total. The number of hydrogen-bond acceptors (Lipinski definition) is 7. The molecule has 174 valence electrons. The number of allylic oxidation sites excluding steroid dienone is 2. The van der Waals surface area contributed by atoms with E-state index in [-0.39, 0.29) is 18.8 Å². The van der Waals surface area contributed by atoms with E-state index in [0.29, 0.717) is 33.9 Å². The van der Waals surface area contributed by atoms with E-state index in [0.717, 1.165) is 0 Å². The molecule has 0 spiro atoms. The number of carbonyl (C=O) groups excluding carboxylic acids is 3. The summed E-state index contributed by atoms with van der Waals surface area (Å²) in [5.41, 5.74) is 1.91. The maximum Gasteiger partial charge on any atom is 0.166 e. The van der Waals surface area contributed by atoms with Crippen LogP contribution in [0.1, 0.15) is 30.0 Å². The SMILES string of the molecule is COc1ccc(C=CC(=O)C(CC(C)=O)C(=O)C=Cc2ccc(OC)c(OC)c2)cc1CO. The minimum Gasteiger partial charge on any atom is -0.496 e. The molecular formula is C26H28O7. The predicted molar refractivity (Wildman–Crippen MR) is 125 cm³/mol. The summed E-state index contributed by atoms with van der Waals surface area (Å²) in [4.78, 5) is 37.2. The minimum absolute atomic E-state index is 0.192. The van der Waals surface area contributed by atoms with E-state index in [1.165, 1.54) is 40.4 Å². The van der Waals surface area contributed by atoms with Gasteiger partial charge in [-0.15, -0.1) is 0 Å². The highest BCUT2D eigenvalue weighted by Gasteiger charge is 2.24. The van der Waals surface area contributed by atoms with E-state index in [1.807, 2.05) is 0 Å². The molecule has 0 saturated heterocycles. The topological polar surface area (TPSA) is 99.1 Å². The first-order chi connectivity index (χ1) is 15.8. The Kier molecular flexibility index (Phi) is 9.57. The Hall–Kier alpha value is -3.71. The Morgan fingerprint density at radius 2 is 1.33 bits per heavy atom. The average molecular weight is 453 g/mol. The first-order valence-electron chi connectivity index (χ1n) is 10.3. The number of Topliss-reactive ketones (excluding diaryl/α,β-unsaturated/α-hetero) is 1. The minimum atomic E-state index is -1.12. The van der Waals surface area contributed by atoms with Crippen LogP contribution in [0, 0.1) is 5.92 Å². The van der Waals surface area contributed by atoms with E-state index >= 15 is 0 Å². The smallest absolute Gasteiger partial charge is 0.166 e. The second-order valence-electron chi connectivity index (χ2n) is 7.27. The molecule has 2 aromatic carbocycles. The van der Waals surface area contributed by atoms with Crippen molar-refractivity contribution in [2.75, 3.05) is 21.3 Å². The number of rotatable bonds is 12. The van der Waals surface area contributed by atoms with Crippen LogP contribution < -0.4 is 14.2 Å². The van der Waals surface area contributed by atoms with Crippen LogP contribution in [0.5, 0.6) is 17.2 Å². The summed E-state index contributed by atoms with van der Waals surface area (Å²) in [7, 11) is 4.54. The Morgan fingerprint density at radius 1 is 0.818 bits per heavy atom. The van der Waals surface area contributed by atoms with Crippen LogP contribution in [-0.4, -0.2) is 43.8 Å². The average Bonchev–Trinajstić information content (AvgIpc) is 2.83.